The van der Waals surface area contributed by atoms with Gasteiger partial charge < -0.3 is 9.47 Å². The number of azide groups is 1. The Morgan fingerprint density at radius 2 is 1.35 bits per heavy atom. The molecule has 0 radical (unpaired) electrons. The monoisotopic (exact) mass is 523 g/mol. The molecule has 4 rings (SSSR count). The lowest BCUT2D eigenvalue weighted by molar-refractivity contribution is -0.227. The summed E-state index contributed by atoms with van der Waals surface area (Å²) in [5.41, 5.74) is 11.7. The van der Waals surface area contributed by atoms with Crippen molar-refractivity contribution >= 4 is 7.82 Å². The largest absolute Gasteiger partial charge is 0.477 e. The fraction of sp³-hybridized carbons (Fsp3) is 0.333. The second-order valence-electron chi connectivity index (χ2n) is 8.65. The molecular weight excluding hydrogens is 493 g/mol. The predicted octanol–water partition coefficient (Wildman–Crippen LogP) is 6.94. The summed E-state index contributed by atoms with van der Waals surface area (Å²) in [6.07, 6.45) is -1.90. The molecule has 4 atom stereocenters. The van der Waals surface area contributed by atoms with Gasteiger partial charge in [-0.05, 0) is 35.6 Å². The van der Waals surface area contributed by atoms with Crippen molar-refractivity contribution in [3.8, 4) is 0 Å². The van der Waals surface area contributed by atoms with Crippen LogP contribution >= 0.6 is 7.82 Å². The minimum atomic E-state index is -4.16. The molecule has 1 saturated heterocycles. The zero-order valence-corrected chi connectivity index (χ0v) is 21.4. The number of nitrogens with zero attached hydrogens (tertiary/aromatic N) is 3. The van der Waals surface area contributed by atoms with Gasteiger partial charge in [0.1, 0.15) is 6.10 Å². The Balaban J connectivity index is 1.55. The van der Waals surface area contributed by atoms with Gasteiger partial charge in [-0.25, -0.2) is 4.57 Å². The summed E-state index contributed by atoms with van der Waals surface area (Å²) in [5, 5.41) is 3.92. The first-order chi connectivity index (χ1) is 18.0. The quantitative estimate of drug-likeness (QED) is 0.110. The molecule has 0 bridgehead atoms. The maximum atomic E-state index is 13.9. The van der Waals surface area contributed by atoms with Crippen LogP contribution in [0.4, 0.5) is 0 Å². The number of phosphoric acid groups is 1. The van der Waals surface area contributed by atoms with Crippen LogP contribution in [0.1, 0.15) is 30.0 Å². The Labute approximate surface area is 216 Å². The number of rotatable bonds is 12. The van der Waals surface area contributed by atoms with Crippen LogP contribution in [0.2, 0.25) is 0 Å². The van der Waals surface area contributed by atoms with Crippen LogP contribution in [-0.2, 0) is 47.4 Å². The summed E-state index contributed by atoms with van der Waals surface area (Å²) in [7, 11) is -4.16. The zero-order chi connectivity index (χ0) is 25.9. The van der Waals surface area contributed by atoms with Crippen molar-refractivity contribution in [1.29, 1.82) is 0 Å². The van der Waals surface area contributed by atoms with Gasteiger partial charge in [0.15, 0.2) is 6.29 Å². The molecule has 1 aliphatic rings. The molecule has 1 heterocycles. The lowest BCUT2D eigenvalue weighted by Crippen LogP contribution is -2.49. The molecule has 0 aromatic heterocycles. The molecule has 0 N–H and O–H groups in total. The molecular formula is C27H30N3O6P. The van der Waals surface area contributed by atoms with Gasteiger partial charge in [0.2, 0.25) is 0 Å². The van der Waals surface area contributed by atoms with E-state index in [1.165, 1.54) is 0 Å². The van der Waals surface area contributed by atoms with E-state index in [1.54, 1.807) is 0 Å². The third kappa shape index (κ3) is 8.25. The first-order valence-corrected chi connectivity index (χ1v) is 13.5. The molecule has 3 aromatic carbocycles. The Kier molecular flexibility index (Phi) is 9.88. The number of ether oxygens (including phenoxy) is 2. The lowest BCUT2D eigenvalue weighted by atomic mass is 10.0. The summed E-state index contributed by atoms with van der Waals surface area (Å²) in [6.45, 7) is 2.06. The molecule has 194 valence electrons. The van der Waals surface area contributed by atoms with Gasteiger partial charge in [0, 0.05) is 4.91 Å². The zero-order valence-electron chi connectivity index (χ0n) is 20.5. The molecule has 37 heavy (non-hydrogen) atoms. The average Bonchev–Trinajstić information content (AvgIpc) is 2.92. The number of hydrogen-bond donors (Lipinski definition) is 0. The van der Waals surface area contributed by atoms with Crippen molar-refractivity contribution in [3.63, 3.8) is 0 Å². The van der Waals surface area contributed by atoms with Crippen molar-refractivity contribution in [2.75, 3.05) is 0 Å². The topological polar surface area (TPSA) is 112 Å². The third-order valence-electron chi connectivity index (χ3n) is 5.77. The third-order valence-corrected chi connectivity index (χ3v) is 7.13. The van der Waals surface area contributed by atoms with E-state index in [1.807, 2.05) is 97.9 Å². The first-order valence-electron chi connectivity index (χ1n) is 12.1. The Bertz CT molecular complexity index is 1150. The van der Waals surface area contributed by atoms with Crippen LogP contribution in [0.3, 0.4) is 0 Å². The van der Waals surface area contributed by atoms with Crippen molar-refractivity contribution in [1.82, 2.24) is 0 Å². The van der Waals surface area contributed by atoms with Gasteiger partial charge in [-0.1, -0.05) is 96.1 Å². The van der Waals surface area contributed by atoms with E-state index in [4.69, 9.17) is 28.6 Å². The summed E-state index contributed by atoms with van der Waals surface area (Å²) >= 11 is 0. The fourth-order valence-electron chi connectivity index (χ4n) is 3.92. The molecule has 0 spiro atoms. The lowest BCUT2D eigenvalue weighted by Gasteiger charge is -2.39. The van der Waals surface area contributed by atoms with Gasteiger partial charge >= 0.3 is 7.82 Å². The van der Waals surface area contributed by atoms with E-state index in [0.29, 0.717) is 6.42 Å². The summed E-state index contributed by atoms with van der Waals surface area (Å²) in [4.78, 5) is 2.98. The summed E-state index contributed by atoms with van der Waals surface area (Å²) in [5.74, 6) is 0. The van der Waals surface area contributed by atoms with E-state index in [9.17, 15) is 4.57 Å². The standard InChI is InChI=1S/C27H30N3O6P/c1-21-17-25(29-30-28)26(32-18-22-11-5-2-6-12-22)27(35-21)36-37(31,33-19-23-13-7-3-8-14-23)34-20-24-15-9-4-10-16-24/h2-16,21,25-27H,17-20H2,1H3/t21-,25+,26-,27-/m1/s1. The van der Waals surface area contributed by atoms with E-state index >= 15 is 0 Å². The van der Waals surface area contributed by atoms with E-state index in [2.05, 4.69) is 10.0 Å². The van der Waals surface area contributed by atoms with Crippen LogP contribution in [-0.4, -0.2) is 24.5 Å². The Hall–Kier alpha value is -3.00. The van der Waals surface area contributed by atoms with E-state index in [-0.39, 0.29) is 25.9 Å². The first kappa shape index (κ1) is 27.0. The highest BCUT2D eigenvalue weighted by Gasteiger charge is 2.44. The maximum absolute atomic E-state index is 13.9. The van der Waals surface area contributed by atoms with Gasteiger partial charge in [-0.15, -0.1) is 0 Å². The molecule has 1 aliphatic heterocycles. The van der Waals surface area contributed by atoms with Gasteiger partial charge in [-0.2, -0.15) is 0 Å². The molecule has 10 heteroatoms. The second kappa shape index (κ2) is 13.5. The summed E-state index contributed by atoms with van der Waals surface area (Å²) in [6, 6.07) is 27.6. The van der Waals surface area contributed by atoms with Crippen LogP contribution in [0, 0.1) is 0 Å². The van der Waals surface area contributed by atoms with Crippen LogP contribution in [0.15, 0.2) is 96.1 Å². The van der Waals surface area contributed by atoms with Gasteiger partial charge in [0.05, 0.1) is 32.0 Å². The highest BCUT2D eigenvalue weighted by atomic mass is 31.2. The predicted molar refractivity (Wildman–Crippen MR) is 138 cm³/mol. The SMILES string of the molecule is C[C@@H]1C[C@H](N=[N+]=[N-])[C@@H](OCc2ccccc2)[C@@H](OP(=O)(OCc2ccccc2)OCc2ccccc2)O1. The second-order valence-corrected chi connectivity index (χ2v) is 10.3. The maximum Gasteiger partial charge on any atom is 0.477 e. The molecule has 1 fully saturated rings. The molecule has 0 amide bonds. The molecule has 0 aliphatic carbocycles. The molecule has 0 unspecified atom stereocenters. The van der Waals surface area contributed by atoms with E-state index in [0.717, 1.165) is 16.7 Å². The highest BCUT2D eigenvalue weighted by molar-refractivity contribution is 7.48. The fourth-order valence-corrected chi connectivity index (χ4v) is 5.15. The molecule has 9 nitrogen and oxygen atoms in total. The van der Waals surface area contributed by atoms with Crippen LogP contribution in [0.25, 0.3) is 10.4 Å². The minimum Gasteiger partial charge on any atom is -0.368 e. The van der Waals surface area contributed by atoms with Crippen molar-refractivity contribution in [2.45, 2.75) is 57.7 Å². The van der Waals surface area contributed by atoms with Crippen molar-refractivity contribution in [3.05, 3.63) is 118 Å². The highest BCUT2D eigenvalue weighted by Crippen LogP contribution is 2.53. The van der Waals surface area contributed by atoms with Gasteiger partial charge in [-0.3, -0.25) is 13.6 Å². The molecule has 3 aromatic rings. The Morgan fingerprint density at radius 1 is 0.865 bits per heavy atom. The number of benzene rings is 3. The Morgan fingerprint density at radius 3 is 1.84 bits per heavy atom. The smallest absolute Gasteiger partial charge is 0.368 e. The average molecular weight is 524 g/mol. The normalized spacial score (nSPS) is 21.8. The molecule has 0 saturated carbocycles. The van der Waals surface area contributed by atoms with Crippen molar-refractivity contribution in [2.24, 2.45) is 5.11 Å². The van der Waals surface area contributed by atoms with Gasteiger partial charge in [0.25, 0.3) is 0 Å². The summed E-state index contributed by atoms with van der Waals surface area (Å²) < 4.78 is 43.5. The van der Waals surface area contributed by atoms with Crippen LogP contribution in [0.5, 0.6) is 0 Å². The number of hydrogen-bond acceptors (Lipinski definition) is 7. The number of phosphoric ester groups is 1. The van der Waals surface area contributed by atoms with Crippen molar-refractivity contribution < 1.29 is 27.6 Å². The minimum absolute atomic E-state index is 0.00446. The van der Waals surface area contributed by atoms with Crippen LogP contribution < -0.4 is 0 Å². The van der Waals surface area contributed by atoms with E-state index < -0.39 is 26.3 Å².